The number of piperidine rings is 1. The number of anilines is 1. The maximum absolute atomic E-state index is 9.40. The molecule has 2 heterocycles. The lowest BCUT2D eigenvalue weighted by molar-refractivity contribution is 0.277. The maximum Gasteiger partial charge on any atom is 0.234 e. The summed E-state index contributed by atoms with van der Waals surface area (Å²) < 4.78 is 6.09. The van der Waals surface area contributed by atoms with Crippen LogP contribution in [0.1, 0.15) is 88.6 Å². The van der Waals surface area contributed by atoms with Crippen LogP contribution in [0.5, 0.6) is 0 Å². The van der Waals surface area contributed by atoms with E-state index in [1.165, 1.54) is 64.2 Å². The van der Waals surface area contributed by atoms with E-state index in [1.54, 1.807) is 0 Å². The molecule has 126 valence electrons. The Morgan fingerprint density at radius 1 is 1.17 bits per heavy atom. The van der Waals surface area contributed by atoms with Gasteiger partial charge in [0, 0.05) is 19.0 Å². The number of unbranched alkanes of at least 4 members (excludes halogenated alkanes) is 1. The van der Waals surface area contributed by atoms with E-state index in [0.717, 1.165) is 30.8 Å². The third kappa shape index (κ3) is 3.88. The normalized spacial score (nSPS) is 25.3. The van der Waals surface area contributed by atoms with Crippen molar-refractivity contribution in [2.24, 2.45) is 5.92 Å². The fourth-order valence-corrected chi connectivity index (χ4v) is 4.08. The van der Waals surface area contributed by atoms with Crippen molar-refractivity contribution in [2.45, 2.75) is 77.0 Å². The molecule has 0 spiro atoms. The van der Waals surface area contributed by atoms with Crippen molar-refractivity contribution in [3.63, 3.8) is 0 Å². The Morgan fingerprint density at radius 2 is 1.91 bits per heavy atom. The van der Waals surface area contributed by atoms with Crippen molar-refractivity contribution in [1.29, 1.82) is 5.26 Å². The smallest absolute Gasteiger partial charge is 0.234 e. The number of rotatable bonds is 5. The van der Waals surface area contributed by atoms with E-state index in [4.69, 9.17) is 4.42 Å². The fourth-order valence-electron chi connectivity index (χ4n) is 4.08. The van der Waals surface area contributed by atoms with E-state index in [1.807, 2.05) is 0 Å². The van der Waals surface area contributed by atoms with Crippen LogP contribution in [0.15, 0.2) is 4.42 Å². The lowest BCUT2D eigenvalue weighted by Gasteiger charge is -2.27. The third-order valence-corrected chi connectivity index (χ3v) is 5.54. The van der Waals surface area contributed by atoms with Crippen molar-refractivity contribution in [1.82, 2.24) is 4.98 Å². The molecule has 1 saturated heterocycles. The van der Waals surface area contributed by atoms with Crippen LogP contribution in [0.4, 0.5) is 5.88 Å². The molecule has 3 rings (SSSR count). The summed E-state index contributed by atoms with van der Waals surface area (Å²) >= 11 is 0. The highest BCUT2D eigenvalue weighted by atomic mass is 16.4. The number of nitrogens with zero attached hydrogens (tertiary/aromatic N) is 3. The minimum atomic E-state index is 0.415. The number of hydrogen-bond acceptors (Lipinski definition) is 4. The van der Waals surface area contributed by atoms with Gasteiger partial charge in [0.1, 0.15) is 6.07 Å². The average molecular weight is 315 g/mol. The van der Waals surface area contributed by atoms with Gasteiger partial charge in [-0.25, -0.2) is 4.98 Å². The van der Waals surface area contributed by atoms with E-state index in [9.17, 15) is 5.26 Å². The molecule has 1 aromatic heterocycles. The van der Waals surface area contributed by atoms with Crippen LogP contribution in [-0.2, 0) is 0 Å². The second kappa shape index (κ2) is 7.86. The van der Waals surface area contributed by atoms with Crippen LogP contribution < -0.4 is 4.90 Å². The first kappa shape index (κ1) is 16.4. The highest BCUT2D eigenvalue weighted by Crippen LogP contribution is 2.39. The number of hydrogen-bond donors (Lipinski definition) is 0. The first-order valence-electron chi connectivity index (χ1n) is 9.47. The molecule has 1 aliphatic heterocycles. The minimum absolute atomic E-state index is 0.415. The van der Waals surface area contributed by atoms with E-state index >= 15 is 0 Å². The molecule has 4 nitrogen and oxygen atoms in total. The molecule has 0 amide bonds. The Balaban J connectivity index is 1.65. The van der Waals surface area contributed by atoms with E-state index < -0.39 is 0 Å². The predicted molar refractivity (Wildman–Crippen MR) is 91.5 cm³/mol. The van der Waals surface area contributed by atoms with Gasteiger partial charge >= 0.3 is 0 Å². The second-order valence-corrected chi connectivity index (χ2v) is 7.23. The summed E-state index contributed by atoms with van der Waals surface area (Å²) in [4.78, 5) is 6.76. The number of nitriles is 1. The van der Waals surface area contributed by atoms with Gasteiger partial charge in [-0.15, -0.1) is 0 Å². The number of aromatic nitrogens is 1. The molecule has 2 fully saturated rings. The zero-order valence-electron chi connectivity index (χ0n) is 14.4. The predicted octanol–water partition coefficient (Wildman–Crippen LogP) is 5.00. The summed E-state index contributed by atoms with van der Waals surface area (Å²) in [5, 5.41) is 9.40. The van der Waals surface area contributed by atoms with Gasteiger partial charge in [0.2, 0.25) is 17.5 Å². The van der Waals surface area contributed by atoms with Crippen LogP contribution in [0.2, 0.25) is 0 Å². The van der Waals surface area contributed by atoms with Gasteiger partial charge in [0.25, 0.3) is 0 Å². The third-order valence-electron chi connectivity index (χ3n) is 5.54. The van der Waals surface area contributed by atoms with Gasteiger partial charge in [0.05, 0.1) is 0 Å². The van der Waals surface area contributed by atoms with Crippen LogP contribution in [0.25, 0.3) is 0 Å². The zero-order valence-corrected chi connectivity index (χ0v) is 14.4. The van der Waals surface area contributed by atoms with E-state index in [-0.39, 0.29) is 0 Å². The lowest BCUT2D eigenvalue weighted by atomic mass is 9.80. The van der Waals surface area contributed by atoms with Crippen molar-refractivity contribution in [2.75, 3.05) is 18.0 Å². The largest absolute Gasteiger partial charge is 0.423 e. The summed E-state index contributed by atoms with van der Waals surface area (Å²) in [6.07, 6.45) is 12.6. The molecule has 0 N–H and O–H groups in total. The summed E-state index contributed by atoms with van der Waals surface area (Å²) in [6, 6.07) is 2.24. The molecule has 0 atom stereocenters. The van der Waals surface area contributed by atoms with Crippen molar-refractivity contribution in [3.8, 4) is 6.07 Å². The van der Waals surface area contributed by atoms with Gasteiger partial charge in [-0.05, 0) is 50.9 Å². The second-order valence-electron chi connectivity index (χ2n) is 7.23. The first-order chi connectivity index (χ1) is 11.3. The molecule has 1 saturated carbocycles. The Kier molecular flexibility index (Phi) is 5.59. The Bertz CT molecular complexity index is 531. The molecular formula is C19H29N3O. The Morgan fingerprint density at radius 3 is 2.57 bits per heavy atom. The summed E-state index contributed by atoms with van der Waals surface area (Å²) in [5.74, 6) is 2.85. The van der Waals surface area contributed by atoms with Gasteiger partial charge in [0.15, 0.2) is 0 Å². The molecular weight excluding hydrogens is 286 g/mol. The zero-order chi connectivity index (χ0) is 16.1. The molecule has 2 aliphatic rings. The Hall–Kier alpha value is -1.50. The summed E-state index contributed by atoms with van der Waals surface area (Å²) in [6.45, 7) is 4.25. The number of oxazole rings is 1. The monoisotopic (exact) mass is 315 g/mol. The molecule has 1 aliphatic carbocycles. The highest BCUT2D eigenvalue weighted by molar-refractivity contribution is 5.48. The topological polar surface area (TPSA) is 53.1 Å². The minimum Gasteiger partial charge on any atom is -0.423 e. The molecule has 0 aromatic carbocycles. The van der Waals surface area contributed by atoms with Crippen LogP contribution in [-0.4, -0.2) is 18.1 Å². The van der Waals surface area contributed by atoms with Crippen molar-refractivity contribution >= 4 is 5.88 Å². The quantitative estimate of drug-likeness (QED) is 0.767. The maximum atomic E-state index is 9.40. The molecule has 0 radical (unpaired) electrons. The lowest BCUT2D eigenvalue weighted by Crippen LogP contribution is -2.29. The van der Waals surface area contributed by atoms with Gasteiger partial charge in [-0.1, -0.05) is 26.2 Å². The first-order valence-corrected chi connectivity index (χ1v) is 9.47. The Labute approximate surface area is 139 Å². The van der Waals surface area contributed by atoms with Gasteiger partial charge < -0.3 is 9.32 Å². The molecule has 0 unspecified atom stereocenters. The highest BCUT2D eigenvalue weighted by Gasteiger charge is 2.28. The summed E-state index contributed by atoms with van der Waals surface area (Å²) in [5.41, 5.74) is 0.495. The molecule has 23 heavy (non-hydrogen) atoms. The van der Waals surface area contributed by atoms with Crippen LogP contribution >= 0.6 is 0 Å². The molecule has 1 aromatic rings. The SMILES string of the molecule is CCCCC1CCC(c2nc(C#N)c(N3CCCCC3)o2)CC1. The molecule has 4 heteroatoms. The van der Waals surface area contributed by atoms with E-state index in [0.29, 0.717) is 11.6 Å². The average Bonchev–Trinajstić information content (AvgIpc) is 3.05. The summed E-state index contributed by atoms with van der Waals surface area (Å²) in [7, 11) is 0. The van der Waals surface area contributed by atoms with Crippen LogP contribution in [0, 0.1) is 17.2 Å². The van der Waals surface area contributed by atoms with Crippen molar-refractivity contribution in [3.05, 3.63) is 11.6 Å². The van der Waals surface area contributed by atoms with E-state index in [2.05, 4.69) is 22.9 Å². The van der Waals surface area contributed by atoms with Gasteiger partial charge in [-0.3, -0.25) is 0 Å². The van der Waals surface area contributed by atoms with Crippen LogP contribution in [0.3, 0.4) is 0 Å². The van der Waals surface area contributed by atoms with Crippen molar-refractivity contribution < 1.29 is 4.42 Å². The molecule has 0 bridgehead atoms. The fraction of sp³-hybridized carbons (Fsp3) is 0.789. The van der Waals surface area contributed by atoms with Gasteiger partial charge in [-0.2, -0.15) is 5.26 Å². The standard InChI is InChI=1S/C19H29N3O/c1-2-3-7-15-8-10-16(11-9-15)18-21-17(14-20)19(23-18)22-12-5-4-6-13-22/h15-16H,2-13H2,1H3.